The highest BCUT2D eigenvalue weighted by atomic mass is 16.2. The summed E-state index contributed by atoms with van der Waals surface area (Å²) in [5, 5.41) is 3.18. The maximum Gasteiger partial charge on any atom is 0.251 e. The largest absolute Gasteiger partial charge is 0.345 e. The molecule has 4 rings (SSSR count). The Hall–Kier alpha value is -2.62. The van der Waals surface area contributed by atoms with Crippen LogP contribution in [0.1, 0.15) is 72.1 Å². The van der Waals surface area contributed by atoms with Crippen LogP contribution in [0.4, 0.5) is 5.69 Å². The maximum absolute atomic E-state index is 12.8. The molecule has 1 heterocycles. The normalized spacial score (nSPS) is 17.3. The number of aryl methyl sites for hydroxylation is 2. The molecule has 0 unspecified atom stereocenters. The van der Waals surface area contributed by atoms with Crippen LogP contribution in [-0.2, 0) is 17.6 Å². The molecule has 1 aliphatic carbocycles. The molecular formula is C24H28N2O2. The van der Waals surface area contributed by atoms with Crippen LogP contribution in [0.15, 0.2) is 42.5 Å². The molecule has 0 bridgehead atoms. The summed E-state index contributed by atoms with van der Waals surface area (Å²) >= 11 is 0. The number of nitrogens with one attached hydrogen (secondary N) is 1. The molecular weight excluding hydrogens is 348 g/mol. The molecule has 1 saturated heterocycles. The average molecular weight is 377 g/mol. The average Bonchev–Trinajstić information content (AvgIpc) is 3.17. The van der Waals surface area contributed by atoms with E-state index >= 15 is 0 Å². The Morgan fingerprint density at radius 1 is 1.00 bits per heavy atom. The minimum atomic E-state index is -0.0659. The SMILES string of the molecule is CC[C@@H](NC(=O)c1ccc(N2CCCC2=O)cc1)c1ccc2c(c1)CCCC2. The van der Waals surface area contributed by atoms with Crippen molar-refractivity contribution in [3.63, 3.8) is 0 Å². The Morgan fingerprint density at radius 3 is 2.43 bits per heavy atom. The number of fused-ring (bicyclic) bond motifs is 1. The Morgan fingerprint density at radius 2 is 1.75 bits per heavy atom. The third kappa shape index (κ3) is 3.82. The van der Waals surface area contributed by atoms with Crippen LogP contribution < -0.4 is 10.2 Å². The number of anilines is 1. The van der Waals surface area contributed by atoms with E-state index in [9.17, 15) is 9.59 Å². The van der Waals surface area contributed by atoms with Gasteiger partial charge < -0.3 is 10.2 Å². The van der Waals surface area contributed by atoms with Gasteiger partial charge in [0.05, 0.1) is 6.04 Å². The van der Waals surface area contributed by atoms with E-state index in [0.29, 0.717) is 12.0 Å². The molecule has 0 saturated carbocycles. The van der Waals surface area contributed by atoms with Gasteiger partial charge in [0, 0.05) is 24.2 Å². The highest BCUT2D eigenvalue weighted by Gasteiger charge is 2.22. The molecule has 2 aromatic rings. The van der Waals surface area contributed by atoms with Gasteiger partial charge in [0.25, 0.3) is 5.91 Å². The lowest BCUT2D eigenvalue weighted by atomic mass is 9.88. The number of rotatable bonds is 5. The number of hydrogen-bond acceptors (Lipinski definition) is 2. The molecule has 2 aliphatic rings. The quantitative estimate of drug-likeness (QED) is 0.831. The smallest absolute Gasteiger partial charge is 0.251 e. The van der Waals surface area contributed by atoms with Gasteiger partial charge in [-0.05, 0) is 79.5 Å². The van der Waals surface area contributed by atoms with Gasteiger partial charge in [0.2, 0.25) is 5.91 Å². The van der Waals surface area contributed by atoms with E-state index in [4.69, 9.17) is 0 Å². The predicted octanol–water partition coefficient (Wildman–Crippen LogP) is 4.57. The highest BCUT2D eigenvalue weighted by molar-refractivity contribution is 5.97. The zero-order valence-electron chi connectivity index (χ0n) is 16.5. The van der Waals surface area contributed by atoms with Crippen molar-refractivity contribution < 1.29 is 9.59 Å². The molecule has 0 radical (unpaired) electrons. The summed E-state index contributed by atoms with van der Waals surface area (Å²) in [5.74, 6) is 0.0968. The summed E-state index contributed by atoms with van der Waals surface area (Å²) in [7, 11) is 0. The first-order valence-electron chi connectivity index (χ1n) is 10.5. The van der Waals surface area contributed by atoms with Crippen LogP contribution in [0.3, 0.4) is 0 Å². The van der Waals surface area contributed by atoms with Gasteiger partial charge in [-0.25, -0.2) is 0 Å². The number of carbonyl (C=O) groups excluding carboxylic acids is 2. The maximum atomic E-state index is 12.8. The Labute approximate surface area is 166 Å². The zero-order chi connectivity index (χ0) is 19.5. The van der Waals surface area contributed by atoms with Crippen molar-refractivity contribution in [2.75, 3.05) is 11.4 Å². The molecule has 1 N–H and O–H groups in total. The summed E-state index contributed by atoms with van der Waals surface area (Å²) in [6.45, 7) is 2.87. The number of benzene rings is 2. The Bertz CT molecular complexity index is 873. The van der Waals surface area contributed by atoms with E-state index < -0.39 is 0 Å². The minimum Gasteiger partial charge on any atom is -0.345 e. The van der Waals surface area contributed by atoms with Crippen LogP contribution in [-0.4, -0.2) is 18.4 Å². The summed E-state index contributed by atoms with van der Waals surface area (Å²) in [6, 6.07) is 14.1. The topological polar surface area (TPSA) is 49.4 Å². The van der Waals surface area contributed by atoms with Gasteiger partial charge in [-0.2, -0.15) is 0 Å². The molecule has 1 atom stereocenters. The second-order valence-corrected chi connectivity index (χ2v) is 7.87. The second kappa shape index (κ2) is 8.17. The third-order valence-electron chi connectivity index (χ3n) is 6.00. The summed E-state index contributed by atoms with van der Waals surface area (Å²) in [4.78, 5) is 26.5. The van der Waals surface area contributed by atoms with Gasteiger partial charge in [0.1, 0.15) is 0 Å². The fourth-order valence-corrected chi connectivity index (χ4v) is 4.35. The van der Waals surface area contributed by atoms with Crippen molar-refractivity contribution in [2.45, 2.75) is 57.9 Å². The molecule has 0 spiro atoms. The Kier molecular flexibility index (Phi) is 5.47. The van der Waals surface area contributed by atoms with E-state index in [2.05, 4.69) is 30.4 Å². The highest BCUT2D eigenvalue weighted by Crippen LogP contribution is 2.27. The van der Waals surface area contributed by atoms with Crippen molar-refractivity contribution in [2.24, 2.45) is 0 Å². The monoisotopic (exact) mass is 376 g/mol. The molecule has 1 aliphatic heterocycles. The summed E-state index contributed by atoms with van der Waals surface area (Å²) < 4.78 is 0. The standard InChI is InChI=1S/C24H28N2O2/c1-2-22(20-10-9-17-6-3-4-7-19(17)16-20)25-24(28)18-11-13-21(14-12-18)26-15-5-8-23(26)27/h9-14,16,22H,2-8,15H2,1H3,(H,25,28)/t22-/m1/s1. The van der Waals surface area contributed by atoms with E-state index in [1.807, 2.05) is 24.3 Å². The van der Waals surface area contributed by atoms with E-state index in [1.165, 1.54) is 36.0 Å². The fourth-order valence-electron chi connectivity index (χ4n) is 4.35. The van der Waals surface area contributed by atoms with Crippen molar-refractivity contribution in [1.29, 1.82) is 0 Å². The van der Waals surface area contributed by atoms with Crippen LogP contribution >= 0.6 is 0 Å². The van der Waals surface area contributed by atoms with E-state index in [0.717, 1.165) is 31.5 Å². The predicted molar refractivity (Wildman–Crippen MR) is 112 cm³/mol. The van der Waals surface area contributed by atoms with Gasteiger partial charge in [-0.3, -0.25) is 9.59 Å². The van der Waals surface area contributed by atoms with Crippen molar-refractivity contribution in [3.05, 3.63) is 64.7 Å². The van der Waals surface area contributed by atoms with Gasteiger partial charge >= 0.3 is 0 Å². The molecule has 4 nitrogen and oxygen atoms in total. The molecule has 0 aromatic heterocycles. The third-order valence-corrected chi connectivity index (χ3v) is 6.00. The van der Waals surface area contributed by atoms with Gasteiger partial charge in [0.15, 0.2) is 0 Å². The van der Waals surface area contributed by atoms with Crippen molar-refractivity contribution in [3.8, 4) is 0 Å². The van der Waals surface area contributed by atoms with Crippen molar-refractivity contribution in [1.82, 2.24) is 5.32 Å². The lowest BCUT2D eigenvalue weighted by Crippen LogP contribution is -2.28. The molecule has 1 fully saturated rings. The van der Waals surface area contributed by atoms with Gasteiger partial charge in [-0.15, -0.1) is 0 Å². The van der Waals surface area contributed by atoms with Crippen LogP contribution in [0.5, 0.6) is 0 Å². The molecule has 146 valence electrons. The molecule has 28 heavy (non-hydrogen) atoms. The first-order chi connectivity index (χ1) is 13.7. The number of amides is 2. The van der Waals surface area contributed by atoms with E-state index in [-0.39, 0.29) is 17.9 Å². The zero-order valence-corrected chi connectivity index (χ0v) is 16.5. The fraction of sp³-hybridized carbons (Fsp3) is 0.417. The lowest BCUT2D eigenvalue weighted by Gasteiger charge is -2.22. The first kappa shape index (κ1) is 18.7. The molecule has 4 heteroatoms. The number of hydrogen-bond donors (Lipinski definition) is 1. The van der Waals surface area contributed by atoms with Gasteiger partial charge in [-0.1, -0.05) is 25.1 Å². The number of carbonyl (C=O) groups is 2. The molecule has 2 aromatic carbocycles. The minimum absolute atomic E-state index is 0.0135. The number of nitrogens with zero attached hydrogens (tertiary/aromatic N) is 1. The Balaban J connectivity index is 1.46. The van der Waals surface area contributed by atoms with Crippen molar-refractivity contribution >= 4 is 17.5 Å². The summed E-state index contributed by atoms with van der Waals surface area (Å²) in [5.41, 5.74) is 5.60. The first-order valence-corrected chi connectivity index (χ1v) is 10.5. The second-order valence-electron chi connectivity index (χ2n) is 7.87. The molecule has 2 amide bonds. The summed E-state index contributed by atoms with van der Waals surface area (Å²) in [6.07, 6.45) is 7.21. The lowest BCUT2D eigenvalue weighted by molar-refractivity contribution is -0.117. The van der Waals surface area contributed by atoms with Crippen LogP contribution in [0, 0.1) is 0 Å². The van der Waals surface area contributed by atoms with Crippen LogP contribution in [0.25, 0.3) is 0 Å². The van der Waals surface area contributed by atoms with E-state index in [1.54, 1.807) is 4.90 Å². The van der Waals surface area contributed by atoms with Crippen LogP contribution in [0.2, 0.25) is 0 Å².